The van der Waals surface area contributed by atoms with Gasteiger partial charge < -0.3 is 4.90 Å². The zero-order valence-electron chi connectivity index (χ0n) is 17.0. The van der Waals surface area contributed by atoms with Gasteiger partial charge in [0.05, 0.1) is 16.9 Å². The molecule has 0 aliphatic carbocycles. The van der Waals surface area contributed by atoms with Crippen LogP contribution in [-0.4, -0.2) is 35.9 Å². The summed E-state index contributed by atoms with van der Waals surface area (Å²) in [7, 11) is 0. The Morgan fingerprint density at radius 1 is 1.20 bits per heavy atom. The highest BCUT2D eigenvalue weighted by atomic mass is 32.2. The number of thioether (sulfide) groups is 1. The van der Waals surface area contributed by atoms with E-state index in [0.29, 0.717) is 11.3 Å². The third-order valence-electron chi connectivity index (χ3n) is 4.93. The van der Waals surface area contributed by atoms with Gasteiger partial charge >= 0.3 is 0 Å². The van der Waals surface area contributed by atoms with Crippen molar-refractivity contribution >= 4 is 35.3 Å². The van der Waals surface area contributed by atoms with Gasteiger partial charge in [-0.1, -0.05) is 29.8 Å². The van der Waals surface area contributed by atoms with Crippen LogP contribution in [0, 0.1) is 17.0 Å². The smallest absolute Gasteiger partial charge is 0.270 e. The summed E-state index contributed by atoms with van der Waals surface area (Å²) in [5.74, 6) is 0.842. The number of benzene rings is 2. The van der Waals surface area contributed by atoms with Gasteiger partial charge in [-0.2, -0.15) is 5.10 Å². The minimum atomic E-state index is -0.419. The maximum atomic E-state index is 12.1. The standard InChI is InChI=1S/C22H26N4O3S/c1-17-5-7-18(8-6-17)15-30-16-22(27)24-23-14-19-13-20(26(28)29)9-10-21(19)25-11-3-2-4-12-25/h5-10,13-14H,2-4,11-12,15-16H2,1H3,(H,24,27)/b23-14-. The molecule has 3 rings (SSSR count). The van der Waals surface area contributed by atoms with Crippen LogP contribution >= 0.6 is 11.8 Å². The molecule has 1 fully saturated rings. The van der Waals surface area contributed by atoms with Crippen molar-refractivity contribution in [3.8, 4) is 0 Å². The van der Waals surface area contributed by atoms with Gasteiger partial charge in [-0.25, -0.2) is 5.43 Å². The van der Waals surface area contributed by atoms with Crippen molar-refractivity contribution in [2.45, 2.75) is 31.9 Å². The number of piperidine rings is 1. The molecule has 0 bridgehead atoms. The second-order valence-electron chi connectivity index (χ2n) is 7.32. The van der Waals surface area contributed by atoms with Gasteiger partial charge in [-0.3, -0.25) is 14.9 Å². The van der Waals surface area contributed by atoms with Crippen molar-refractivity contribution in [1.82, 2.24) is 5.43 Å². The topological polar surface area (TPSA) is 87.8 Å². The molecule has 0 unspecified atom stereocenters. The van der Waals surface area contributed by atoms with E-state index < -0.39 is 4.92 Å². The third kappa shape index (κ3) is 6.32. The number of nitro groups is 1. The number of non-ortho nitro benzene ring substituents is 1. The van der Waals surface area contributed by atoms with Crippen LogP contribution in [0.3, 0.4) is 0 Å². The number of hydrogen-bond acceptors (Lipinski definition) is 6. The maximum absolute atomic E-state index is 12.1. The number of hydrogen-bond donors (Lipinski definition) is 1. The highest BCUT2D eigenvalue weighted by Gasteiger charge is 2.17. The van der Waals surface area contributed by atoms with Crippen LogP contribution < -0.4 is 10.3 Å². The average molecular weight is 427 g/mol. The fraction of sp³-hybridized carbons (Fsp3) is 0.364. The first kappa shape index (κ1) is 21.8. The zero-order chi connectivity index (χ0) is 21.3. The van der Waals surface area contributed by atoms with E-state index in [-0.39, 0.29) is 11.6 Å². The predicted molar refractivity (Wildman–Crippen MR) is 122 cm³/mol. The van der Waals surface area contributed by atoms with E-state index >= 15 is 0 Å². The summed E-state index contributed by atoms with van der Waals surface area (Å²) in [6.07, 6.45) is 4.90. The molecule has 1 saturated heterocycles. The van der Waals surface area contributed by atoms with Crippen molar-refractivity contribution in [2.24, 2.45) is 5.10 Å². The van der Waals surface area contributed by atoms with Gasteiger partial charge in [0.2, 0.25) is 5.91 Å². The highest BCUT2D eigenvalue weighted by molar-refractivity contribution is 7.99. The van der Waals surface area contributed by atoms with E-state index in [1.807, 2.05) is 6.92 Å². The number of nitrogens with zero attached hydrogens (tertiary/aromatic N) is 3. The molecule has 1 aliphatic heterocycles. The number of amides is 1. The van der Waals surface area contributed by atoms with Crippen LogP contribution in [0.1, 0.15) is 36.0 Å². The normalized spacial score (nSPS) is 14.1. The lowest BCUT2D eigenvalue weighted by Gasteiger charge is -2.29. The molecular formula is C22H26N4O3S. The molecule has 8 heteroatoms. The number of carbonyl (C=O) groups excluding carboxylic acids is 1. The molecule has 7 nitrogen and oxygen atoms in total. The van der Waals surface area contributed by atoms with Crippen molar-refractivity contribution in [2.75, 3.05) is 23.7 Å². The van der Waals surface area contributed by atoms with Gasteiger partial charge in [0.15, 0.2) is 0 Å². The first-order valence-corrected chi connectivity index (χ1v) is 11.2. The zero-order valence-corrected chi connectivity index (χ0v) is 17.9. The number of nitrogens with one attached hydrogen (secondary N) is 1. The Hall–Kier alpha value is -2.87. The SMILES string of the molecule is Cc1ccc(CSCC(=O)N/N=C\c2cc([N+](=O)[O-])ccc2N2CCCCC2)cc1. The van der Waals surface area contributed by atoms with Crippen molar-refractivity contribution in [3.05, 3.63) is 69.3 Å². The molecular weight excluding hydrogens is 400 g/mol. The number of nitro benzene ring substituents is 1. The molecule has 1 N–H and O–H groups in total. The fourth-order valence-corrected chi connectivity index (χ4v) is 4.11. The first-order chi connectivity index (χ1) is 14.5. The summed E-state index contributed by atoms with van der Waals surface area (Å²) >= 11 is 1.52. The third-order valence-corrected chi connectivity index (χ3v) is 5.94. The molecule has 1 heterocycles. The molecule has 0 aromatic heterocycles. The van der Waals surface area contributed by atoms with E-state index in [0.717, 1.165) is 37.4 Å². The molecule has 1 amide bonds. The lowest BCUT2D eigenvalue weighted by atomic mass is 10.1. The van der Waals surface area contributed by atoms with Crippen LogP contribution in [0.15, 0.2) is 47.6 Å². The lowest BCUT2D eigenvalue weighted by Crippen LogP contribution is -2.30. The Kier molecular flexibility index (Phi) is 7.84. The van der Waals surface area contributed by atoms with Crippen LogP contribution in [0.5, 0.6) is 0 Å². The summed E-state index contributed by atoms with van der Waals surface area (Å²) in [6, 6.07) is 13.0. The molecule has 0 atom stereocenters. The molecule has 2 aromatic rings. The Morgan fingerprint density at radius 3 is 2.63 bits per heavy atom. The molecule has 0 spiro atoms. The molecule has 0 saturated carbocycles. The van der Waals surface area contributed by atoms with Crippen molar-refractivity contribution in [3.63, 3.8) is 0 Å². The van der Waals surface area contributed by atoms with Gasteiger partial charge in [-0.15, -0.1) is 11.8 Å². The summed E-state index contributed by atoms with van der Waals surface area (Å²) in [5, 5.41) is 15.2. The number of anilines is 1. The largest absolute Gasteiger partial charge is 0.371 e. The van der Waals surface area contributed by atoms with E-state index in [2.05, 4.69) is 39.7 Å². The summed E-state index contributed by atoms with van der Waals surface area (Å²) in [6.45, 7) is 3.88. The van der Waals surface area contributed by atoms with Crippen LogP contribution in [-0.2, 0) is 10.5 Å². The number of aryl methyl sites for hydroxylation is 1. The maximum Gasteiger partial charge on any atom is 0.270 e. The minimum absolute atomic E-state index is 0.0113. The van der Waals surface area contributed by atoms with Crippen molar-refractivity contribution in [1.29, 1.82) is 0 Å². The van der Waals surface area contributed by atoms with Gasteiger partial charge in [-0.05, 0) is 37.8 Å². The highest BCUT2D eigenvalue weighted by Crippen LogP contribution is 2.27. The minimum Gasteiger partial charge on any atom is -0.371 e. The van der Waals surface area contributed by atoms with E-state index in [9.17, 15) is 14.9 Å². The summed E-state index contributed by atoms with van der Waals surface area (Å²) in [5.41, 5.74) is 6.47. The lowest BCUT2D eigenvalue weighted by molar-refractivity contribution is -0.384. The summed E-state index contributed by atoms with van der Waals surface area (Å²) < 4.78 is 0. The number of carbonyl (C=O) groups is 1. The Morgan fingerprint density at radius 2 is 1.93 bits per heavy atom. The molecule has 2 aromatic carbocycles. The predicted octanol–water partition coefficient (Wildman–Crippen LogP) is 4.28. The Labute approximate surface area is 180 Å². The average Bonchev–Trinajstić information content (AvgIpc) is 2.75. The van der Waals surface area contributed by atoms with Gasteiger partial charge in [0, 0.05) is 42.2 Å². The molecule has 158 valence electrons. The van der Waals surface area contributed by atoms with E-state index in [1.165, 1.54) is 47.7 Å². The monoisotopic (exact) mass is 426 g/mol. The molecule has 0 radical (unpaired) electrons. The number of rotatable bonds is 8. The Balaban J connectivity index is 1.58. The number of hydrazone groups is 1. The first-order valence-electron chi connectivity index (χ1n) is 10.0. The molecule has 1 aliphatic rings. The second kappa shape index (κ2) is 10.8. The summed E-state index contributed by atoms with van der Waals surface area (Å²) in [4.78, 5) is 25.0. The van der Waals surface area contributed by atoms with Gasteiger partial charge in [0.25, 0.3) is 5.69 Å². The molecule has 30 heavy (non-hydrogen) atoms. The van der Waals surface area contributed by atoms with Gasteiger partial charge in [0.1, 0.15) is 0 Å². The van der Waals surface area contributed by atoms with E-state index in [1.54, 1.807) is 6.07 Å². The van der Waals surface area contributed by atoms with Crippen molar-refractivity contribution < 1.29 is 9.72 Å². The Bertz CT molecular complexity index is 909. The van der Waals surface area contributed by atoms with Crippen LogP contribution in [0.4, 0.5) is 11.4 Å². The van der Waals surface area contributed by atoms with Crippen LogP contribution in [0.25, 0.3) is 0 Å². The quantitative estimate of drug-likeness (QED) is 0.387. The second-order valence-corrected chi connectivity index (χ2v) is 8.31. The fourth-order valence-electron chi connectivity index (χ4n) is 3.33. The van der Waals surface area contributed by atoms with E-state index in [4.69, 9.17) is 0 Å². The van der Waals surface area contributed by atoms with Crippen LogP contribution in [0.2, 0.25) is 0 Å².